The number of carbonyl (C=O) groups excluding carboxylic acids is 2. The molecular weight excluding hydrogens is 1160 g/mol. The fraction of sp³-hybridized carbons (Fsp3) is 0.805. The van der Waals surface area contributed by atoms with Crippen molar-refractivity contribution in [2.24, 2.45) is 0 Å². The minimum absolute atomic E-state index is 0.104. The quantitative estimate of drug-likeness (QED) is 0.0195. The van der Waals surface area contributed by atoms with Gasteiger partial charge in [-0.3, -0.25) is 9.59 Å². The van der Waals surface area contributed by atoms with Gasteiger partial charge in [0, 0.05) is 6.42 Å². The molecule has 6 N–H and O–H groups in total. The number of allylic oxidation sites excluding steroid dienone is 13. The number of amides is 1. The Hall–Kier alpha value is -3.16. The fourth-order valence-electron chi connectivity index (χ4n) is 12.2. The van der Waals surface area contributed by atoms with Crippen LogP contribution in [0.4, 0.5) is 0 Å². The van der Waals surface area contributed by atoms with Gasteiger partial charge in [-0.15, -0.1) is 0 Å². The van der Waals surface area contributed by atoms with Crippen LogP contribution in [0.25, 0.3) is 0 Å². The van der Waals surface area contributed by atoms with Crippen LogP contribution in [0.15, 0.2) is 85.1 Å². The average molecular weight is 1310 g/mol. The highest BCUT2D eigenvalue weighted by Gasteiger charge is 2.47. The van der Waals surface area contributed by atoms with Crippen LogP contribution in [0.1, 0.15) is 361 Å². The number of aliphatic hydroxyl groups is 5. The van der Waals surface area contributed by atoms with E-state index in [9.17, 15) is 35.1 Å². The summed E-state index contributed by atoms with van der Waals surface area (Å²) in [5.74, 6) is -1.20. The third kappa shape index (κ3) is 55.5. The van der Waals surface area contributed by atoms with Crippen LogP contribution in [0.2, 0.25) is 0 Å². The predicted molar refractivity (Wildman–Crippen MR) is 393 cm³/mol. The van der Waals surface area contributed by atoms with Gasteiger partial charge >= 0.3 is 5.97 Å². The Labute approximate surface area is 572 Å². The molecule has 1 aliphatic rings. The van der Waals surface area contributed by atoms with E-state index < -0.39 is 67.4 Å². The SMILES string of the molecule is CC/C=C\C/C=C\C/C=C\C/C=C\C/C=C\C/C=C\CCCCCCCCC(=O)OC1C(OCC(NC(=O)C(O)CCCCCCCCCCCCCCCCCCCCCCCCCCCC)C(O)/C=C/CCCCCCCCCCCCC)OC(CO)C(O)C1O. The van der Waals surface area contributed by atoms with E-state index in [0.717, 1.165) is 116 Å². The number of ether oxygens (including phenoxy) is 3. The summed E-state index contributed by atoms with van der Waals surface area (Å²) in [6.45, 7) is 5.73. The number of hydrogen-bond donors (Lipinski definition) is 6. The maximum absolute atomic E-state index is 13.5. The van der Waals surface area contributed by atoms with Crippen LogP contribution in [0.5, 0.6) is 0 Å². The molecule has 0 aromatic rings. The first-order valence-electron chi connectivity index (χ1n) is 39.4. The Balaban J connectivity index is 2.53. The molecule has 11 heteroatoms. The Morgan fingerprint density at radius 1 is 0.430 bits per heavy atom. The van der Waals surface area contributed by atoms with Gasteiger partial charge in [-0.1, -0.05) is 363 Å². The molecule has 0 bridgehead atoms. The van der Waals surface area contributed by atoms with Gasteiger partial charge in [0.2, 0.25) is 5.91 Å². The van der Waals surface area contributed by atoms with E-state index in [0.29, 0.717) is 19.3 Å². The molecule has 8 atom stereocenters. The van der Waals surface area contributed by atoms with Crippen LogP contribution >= 0.6 is 0 Å². The van der Waals surface area contributed by atoms with Gasteiger partial charge in [-0.05, 0) is 77.0 Å². The summed E-state index contributed by atoms with van der Waals surface area (Å²) >= 11 is 0. The highest BCUT2D eigenvalue weighted by Crippen LogP contribution is 2.27. The smallest absolute Gasteiger partial charge is 0.306 e. The van der Waals surface area contributed by atoms with Crippen molar-refractivity contribution in [3.63, 3.8) is 0 Å². The molecule has 0 spiro atoms. The van der Waals surface area contributed by atoms with Crippen LogP contribution < -0.4 is 5.32 Å². The van der Waals surface area contributed by atoms with Crippen molar-refractivity contribution in [3.05, 3.63) is 85.1 Å². The van der Waals surface area contributed by atoms with Gasteiger partial charge in [0.15, 0.2) is 12.4 Å². The molecular formula is C82H147NO10. The van der Waals surface area contributed by atoms with Crippen LogP contribution in [-0.2, 0) is 23.8 Å². The number of hydrogen-bond acceptors (Lipinski definition) is 10. The van der Waals surface area contributed by atoms with Crippen molar-refractivity contribution in [2.75, 3.05) is 13.2 Å². The third-order valence-corrected chi connectivity index (χ3v) is 18.3. The zero-order valence-corrected chi connectivity index (χ0v) is 60.4. The van der Waals surface area contributed by atoms with E-state index in [2.05, 4.69) is 99.0 Å². The second-order valence-electron chi connectivity index (χ2n) is 27.1. The monoisotopic (exact) mass is 1310 g/mol. The number of rotatable bonds is 68. The Kier molecular flexibility index (Phi) is 65.0. The molecule has 8 unspecified atom stereocenters. The molecule has 1 heterocycles. The summed E-state index contributed by atoms with van der Waals surface area (Å²) in [6, 6.07) is -1.03. The number of unbranched alkanes of at least 4 members (excludes halogenated alkanes) is 42. The highest BCUT2D eigenvalue weighted by molar-refractivity contribution is 5.80. The van der Waals surface area contributed by atoms with Crippen LogP contribution in [0, 0.1) is 0 Å². The summed E-state index contributed by atoms with van der Waals surface area (Å²) in [5, 5.41) is 57.4. The van der Waals surface area contributed by atoms with E-state index in [1.807, 2.05) is 6.08 Å². The lowest BCUT2D eigenvalue weighted by Gasteiger charge is -2.41. The van der Waals surface area contributed by atoms with E-state index in [1.165, 1.54) is 199 Å². The summed E-state index contributed by atoms with van der Waals surface area (Å²) in [6.07, 6.45) is 82.0. The standard InChI is InChI=1S/C82H147NO10/c1-4-7-10-13-16-19-22-25-27-29-31-33-35-37-39-40-42-44-46-48-51-54-57-60-63-66-69-75(86)81(90)83-73(74(85)68-65-62-59-56-53-50-24-21-18-15-12-9-6-3)72-91-82-80(79(89)78(88)76(71-84)92-82)93-77(87)70-67-64-61-58-55-52-49-47-45-43-41-38-36-34-32-30-28-26-23-20-17-14-11-8-5-2/h8,11,17,20,26,28,32,34,38,41,45,47,65,68,73-76,78-80,82,84-86,88-89H,4-7,9-10,12-16,18-19,21-25,27,29-31,33,35-37,39-40,42-44,46,48-64,66-67,69-72H2,1-3H3,(H,83,90)/b11-8-,20-17-,28-26-,34-32-,41-38-,47-45-,68-65+. The first-order valence-corrected chi connectivity index (χ1v) is 39.4. The van der Waals surface area contributed by atoms with Crippen molar-refractivity contribution in [3.8, 4) is 0 Å². The van der Waals surface area contributed by atoms with Gasteiger partial charge in [0.05, 0.1) is 25.4 Å². The van der Waals surface area contributed by atoms with Crippen molar-refractivity contribution >= 4 is 11.9 Å². The Morgan fingerprint density at radius 2 is 0.774 bits per heavy atom. The van der Waals surface area contributed by atoms with Gasteiger partial charge < -0.3 is 45.1 Å². The molecule has 93 heavy (non-hydrogen) atoms. The average Bonchev–Trinajstić information content (AvgIpc) is 0.843. The molecule has 0 saturated carbocycles. The zero-order valence-electron chi connectivity index (χ0n) is 60.4. The van der Waals surface area contributed by atoms with Gasteiger partial charge in [0.1, 0.15) is 24.4 Å². The normalized spacial score (nSPS) is 18.3. The molecule has 0 aromatic carbocycles. The van der Waals surface area contributed by atoms with Crippen molar-refractivity contribution in [2.45, 2.75) is 410 Å². The van der Waals surface area contributed by atoms with Crippen molar-refractivity contribution < 1.29 is 49.3 Å². The summed E-state index contributed by atoms with van der Waals surface area (Å²) < 4.78 is 17.7. The van der Waals surface area contributed by atoms with Crippen LogP contribution in [0.3, 0.4) is 0 Å². The number of esters is 1. The van der Waals surface area contributed by atoms with Gasteiger partial charge in [-0.25, -0.2) is 0 Å². The molecule has 0 radical (unpaired) electrons. The molecule has 540 valence electrons. The number of aliphatic hydroxyl groups excluding tert-OH is 5. The molecule has 0 aliphatic carbocycles. The fourth-order valence-corrected chi connectivity index (χ4v) is 12.2. The summed E-state index contributed by atoms with van der Waals surface area (Å²) in [4.78, 5) is 26.8. The minimum Gasteiger partial charge on any atom is -0.454 e. The second kappa shape index (κ2) is 68.8. The summed E-state index contributed by atoms with van der Waals surface area (Å²) in [5.41, 5.74) is 0. The maximum atomic E-state index is 13.5. The third-order valence-electron chi connectivity index (χ3n) is 18.3. The zero-order chi connectivity index (χ0) is 67.4. The van der Waals surface area contributed by atoms with E-state index in [4.69, 9.17) is 14.2 Å². The maximum Gasteiger partial charge on any atom is 0.306 e. The highest BCUT2D eigenvalue weighted by atomic mass is 16.7. The second-order valence-corrected chi connectivity index (χ2v) is 27.1. The lowest BCUT2D eigenvalue weighted by atomic mass is 9.99. The largest absolute Gasteiger partial charge is 0.454 e. The molecule has 0 aromatic heterocycles. The molecule has 1 amide bonds. The number of carbonyl (C=O) groups is 2. The van der Waals surface area contributed by atoms with Crippen LogP contribution in [-0.4, -0.2) is 99.6 Å². The molecule has 1 rings (SSSR count). The topological polar surface area (TPSA) is 175 Å². The number of nitrogens with one attached hydrogen (secondary N) is 1. The summed E-state index contributed by atoms with van der Waals surface area (Å²) in [7, 11) is 0. The lowest BCUT2D eigenvalue weighted by Crippen LogP contribution is -2.61. The van der Waals surface area contributed by atoms with E-state index in [1.54, 1.807) is 6.08 Å². The Bertz CT molecular complexity index is 1840. The molecule has 11 nitrogen and oxygen atoms in total. The first-order chi connectivity index (χ1) is 45.7. The van der Waals surface area contributed by atoms with Gasteiger partial charge in [0.25, 0.3) is 0 Å². The molecule has 1 aliphatic heterocycles. The van der Waals surface area contributed by atoms with Gasteiger partial charge in [-0.2, -0.15) is 0 Å². The Morgan fingerprint density at radius 3 is 1.16 bits per heavy atom. The lowest BCUT2D eigenvalue weighted by molar-refractivity contribution is -0.305. The molecule has 1 saturated heterocycles. The van der Waals surface area contributed by atoms with Crippen molar-refractivity contribution in [1.29, 1.82) is 0 Å². The van der Waals surface area contributed by atoms with Crippen molar-refractivity contribution in [1.82, 2.24) is 5.32 Å². The van der Waals surface area contributed by atoms with E-state index in [-0.39, 0.29) is 13.0 Å². The predicted octanol–water partition coefficient (Wildman–Crippen LogP) is 21.2. The first kappa shape index (κ1) is 87.9. The van der Waals surface area contributed by atoms with E-state index >= 15 is 0 Å². The minimum atomic E-state index is -1.63. The molecule has 1 fully saturated rings.